The predicted octanol–water partition coefficient (Wildman–Crippen LogP) is 2.43. The minimum atomic E-state index is 0.559. The average molecular weight is 218 g/mol. The fraction of sp³-hybridized carbons (Fsp3) is 0.571. The van der Waals surface area contributed by atoms with Crippen LogP contribution in [0.5, 0.6) is 0 Å². The summed E-state index contributed by atoms with van der Waals surface area (Å²) in [6, 6.07) is 11.4. The lowest BCUT2D eigenvalue weighted by Crippen LogP contribution is -2.34. The predicted molar refractivity (Wildman–Crippen MR) is 68.5 cm³/mol. The molecule has 2 heteroatoms. The van der Waals surface area contributed by atoms with Gasteiger partial charge in [0.1, 0.15) is 0 Å². The number of hydrogen-bond acceptors (Lipinski definition) is 2. The smallest absolute Gasteiger partial charge is 0.0472 e. The molecule has 0 radical (unpaired) electrons. The van der Waals surface area contributed by atoms with E-state index in [2.05, 4.69) is 47.5 Å². The Balaban J connectivity index is 2.07. The molecule has 1 aliphatic rings. The van der Waals surface area contributed by atoms with E-state index in [-0.39, 0.29) is 0 Å². The van der Waals surface area contributed by atoms with Crippen LogP contribution in [0.15, 0.2) is 30.3 Å². The normalized spacial score (nSPS) is 18.8. The van der Waals surface area contributed by atoms with E-state index in [1.807, 2.05) is 0 Å². The highest BCUT2D eigenvalue weighted by Gasteiger charge is 2.22. The Morgan fingerprint density at radius 1 is 1.19 bits per heavy atom. The molecule has 0 bridgehead atoms. The first-order valence-electron chi connectivity index (χ1n) is 6.41. The van der Waals surface area contributed by atoms with Crippen LogP contribution >= 0.6 is 0 Å². The molecule has 1 aromatic rings. The van der Waals surface area contributed by atoms with Crippen molar-refractivity contribution in [1.82, 2.24) is 10.2 Å². The van der Waals surface area contributed by atoms with Crippen molar-refractivity contribution >= 4 is 0 Å². The number of hydrogen-bond donors (Lipinski definition) is 1. The summed E-state index contributed by atoms with van der Waals surface area (Å²) >= 11 is 0. The van der Waals surface area contributed by atoms with Gasteiger partial charge in [0.05, 0.1) is 0 Å². The van der Waals surface area contributed by atoms with E-state index in [1.54, 1.807) is 0 Å². The van der Waals surface area contributed by atoms with Gasteiger partial charge in [0.15, 0.2) is 0 Å². The summed E-state index contributed by atoms with van der Waals surface area (Å²) in [7, 11) is 0. The second-order valence-electron chi connectivity index (χ2n) is 4.48. The van der Waals surface area contributed by atoms with Gasteiger partial charge >= 0.3 is 0 Å². The monoisotopic (exact) mass is 218 g/mol. The summed E-state index contributed by atoms with van der Waals surface area (Å²) in [6.07, 6.45) is 2.71. The first-order chi connectivity index (χ1) is 7.92. The van der Waals surface area contributed by atoms with Crippen LogP contribution in [0.4, 0.5) is 0 Å². The molecule has 1 unspecified atom stereocenters. The van der Waals surface area contributed by atoms with Gasteiger partial charge in [0, 0.05) is 12.6 Å². The third-order valence-corrected chi connectivity index (χ3v) is 3.35. The van der Waals surface area contributed by atoms with Crippen molar-refractivity contribution in [1.29, 1.82) is 0 Å². The quantitative estimate of drug-likeness (QED) is 0.816. The van der Waals surface area contributed by atoms with Gasteiger partial charge in [0.2, 0.25) is 0 Å². The highest BCUT2D eigenvalue weighted by molar-refractivity contribution is 5.19. The van der Waals surface area contributed by atoms with E-state index in [9.17, 15) is 0 Å². The Morgan fingerprint density at radius 2 is 1.88 bits per heavy atom. The number of nitrogens with zero attached hydrogens (tertiary/aromatic N) is 1. The highest BCUT2D eigenvalue weighted by Crippen LogP contribution is 2.24. The van der Waals surface area contributed by atoms with Crippen LogP contribution in [0.2, 0.25) is 0 Å². The lowest BCUT2D eigenvalue weighted by molar-refractivity contribution is 0.240. The van der Waals surface area contributed by atoms with Crippen molar-refractivity contribution in [3.8, 4) is 0 Å². The van der Waals surface area contributed by atoms with Crippen LogP contribution in [0.1, 0.15) is 31.4 Å². The Hall–Kier alpha value is -0.860. The molecule has 0 amide bonds. The molecule has 1 aromatic carbocycles. The highest BCUT2D eigenvalue weighted by atomic mass is 15.2. The van der Waals surface area contributed by atoms with Crippen LogP contribution in [-0.4, -0.2) is 31.1 Å². The van der Waals surface area contributed by atoms with Gasteiger partial charge in [-0.25, -0.2) is 0 Å². The average Bonchev–Trinajstić information content (AvgIpc) is 2.85. The van der Waals surface area contributed by atoms with Gasteiger partial charge in [-0.05, 0) is 38.0 Å². The number of rotatable bonds is 5. The molecule has 2 rings (SSSR count). The Labute approximate surface area is 98.7 Å². The maximum atomic E-state index is 3.48. The zero-order valence-electron chi connectivity index (χ0n) is 10.2. The summed E-state index contributed by atoms with van der Waals surface area (Å²) in [5.74, 6) is 0. The maximum Gasteiger partial charge on any atom is 0.0472 e. The molecule has 0 aliphatic carbocycles. The van der Waals surface area contributed by atoms with Crippen molar-refractivity contribution in [2.24, 2.45) is 0 Å². The van der Waals surface area contributed by atoms with Crippen molar-refractivity contribution in [2.75, 3.05) is 26.2 Å². The van der Waals surface area contributed by atoms with Gasteiger partial charge < -0.3 is 5.32 Å². The molecular formula is C14H22N2. The van der Waals surface area contributed by atoms with Crippen LogP contribution in [-0.2, 0) is 0 Å². The Bertz CT molecular complexity index is 291. The number of likely N-dealkylation sites (N-methyl/N-ethyl adjacent to an activating group) is 1. The van der Waals surface area contributed by atoms with E-state index >= 15 is 0 Å². The first kappa shape index (κ1) is 11.6. The first-order valence-corrected chi connectivity index (χ1v) is 6.41. The molecule has 1 fully saturated rings. The minimum Gasteiger partial charge on any atom is -0.315 e. The SMILES string of the molecule is CCNCC(c1ccccc1)N1CCCC1. The van der Waals surface area contributed by atoms with Gasteiger partial charge in [-0.2, -0.15) is 0 Å². The molecule has 1 atom stereocenters. The molecule has 1 aliphatic heterocycles. The summed E-state index contributed by atoms with van der Waals surface area (Å²) < 4.78 is 0. The van der Waals surface area contributed by atoms with E-state index < -0.39 is 0 Å². The maximum absolute atomic E-state index is 3.48. The van der Waals surface area contributed by atoms with Crippen molar-refractivity contribution in [3.05, 3.63) is 35.9 Å². The second-order valence-corrected chi connectivity index (χ2v) is 4.48. The zero-order valence-corrected chi connectivity index (χ0v) is 10.2. The Morgan fingerprint density at radius 3 is 2.50 bits per heavy atom. The second kappa shape index (κ2) is 6.02. The fourth-order valence-corrected chi connectivity index (χ4v) is 2.47. The van der Waals surface area contributed by atoms with E-state index in [4.69, 9.17) is 0 Å². The summed E-state index contributed by atoms with van der Waals surface area (Å²) in [5, 5.41) is 3.48. The Kier molecular flexibility index (Phi) is 4.37. The fourth-order valence-electron chi connectivity index (χ4n) is 2.47. The standard InChI is InChI=1S/C14H22N2/c1-2-15-12-14(16-10-6-7-11-16)13-8-4-3-5-9-13/h3-5,8-9,14-15H,2,6-7,10-12H2,1H3. The summed E-state index contributed by atoms with van der Waals surface area (Å²) in [5.41, 5.74) is 1.45. The molecule has 2 nitrogen and oxygen atoms in total. The van der Waals surface area contributed by atoms with E-state index in [0.29, 0.717) is 6.04 Å². The van der Waals surface area contributed by atoms with Gasteiger partial charge in [-0.1, -0.05) is 37.3 Å². The topological polar surface area (TPSA) is 15.3 Å². The molecule has 0 aromatic heterocycles. The molecule has 1 heterocycles. The van der Waals surface area contributed by atoms with Crippen LogP contribution in [0.25, 0.3) is 0 Å². The third kappa shape index (κ3) is 2.83. The van der Waals surface area contributed by atoms with E-state index in [0.717, 1.165) is 13.1 Å². The zero-order chi connectivity index (χ0) is 11.2. The lowest BCUT2D eigenvalue weighted by Gasteiger charge is -2.28. The molecule has 0 spiro atoms. The molecule has 88 valence electrons. The minimum absolute atomic E-state index is 0.559. The molecule has 1 N–H and O–H groups in total. The van der Waals surface area contributed by atoms with Crippen molar-refractivity contribution < 1.29 is 0 Å². The third-order valence-electron chi connectivity index (χ3n) is 3.35. The molecular weight excluding hydrogens is 196 g/mol. The van der Waals surface area contributed by atoms with Crippen LogP contribution in [0.3, 0.4) is 0 Å². The van der Waals surface area contributed by atoms with Crippen LogP contribution < -0.4 is 5.32 Å². The molecule has 0 saturated carbocycles. The summed E-state index contributed by atoms with van der Waals surface area (Å²) in [6.45, 7) is 6.81. The van der Waals surface area contributed by atoms with Crippen LogP contribution in [0, 0.1) is 0 Å². The molecule has 1 saturated heterocycles. The largest absolute Gasteiger partial charge is 0.315 e. The number of likely N-dealkylation sites (tertiary alicyclic amines) is 1. The summed E-state index contributed by atoms with van der Waals surface area (Å²) in [4.78, 5) is 2.61. The molecule has 16 heavy (non-hydrogen) atoms. The van der Waals surface area contributed by atoms with Gasteiger partial charge in [-0.3, -0.25) is 4.90 Å². The number of benzene rings is 1. The lowest BCUT2D eigenvalue weighted by atomic mass is 10.1. The van der Waals surface area contributed by atoms with Crippen molar-refractivity contribution in [3.63, 3.8) is 0 Å². The number of nitrogens with one attached hydrogen (secondary N) is 1. The van der Waals surface area contributed by atoms with Crippen molar-refractivity contribution in [2.45, 2.75) is 25.8 Å². The van der Waals surface area contributed by atoms with Gasteiger partial charge in [-0.15, -0.1) is 0 Å². The van der Waals surface area contributed by atoms with Gasteiger partial charge in [0.25, 0.3) is 0 Å². The van der Waals surface area contributed by atoms with E-state index in [1.165, 1.54) is 31.5 Å².